The second kappa shape index (κ2) is 2.28. The zero-order valence-corrected chi connectivity index (χ0v) is 5.63. The number of carbonyl (C=O) groups excluding carboxylic acids is 1. The fourth-order valence-corrected chi connectivity index (χ4v) is 1.09. The van der Waals surface area contributed by atoms with Crippen molar-refractivity contribution in [2.24, 2.45) is 5.92 Å². The van der Waals surface area contributed by atoms with Crippen LogP contribution in [0, 0.1) is 5.92 Å². The van der Waals surface area contributed by atoms with Crippen LogP contribution in [0.4, 0.5) is 0 Å². The number of aliphatic carboxylic acids is 1. The van der Waals surface area contributed by atoms with Gasteiger partial charge in [-0.25, -0.2) is 4.79 Å². The summed E-state index contributed by atoms with van der Waals surface area (Å²) in [6.07, 6.45) is 0.330. The molecule has 0 spiro atoms. The van der Waals surface area contributed by atoms with E-state index >= 15 is 0 Å². The minimum Gasteiger partial charge on any atom is -0.480 e. The molecule has 1 aliphatic heterocycles. The summed E-state index contributed by atoms with van der Waals surface area (Å²) in [5.74, 6) is -1.19. The molecule has 1 fully saturated rings. The number of amides is 1. The van der Waals surface area contributed by atoms with E-state index in [1.807, 2.05) is 0 Å². The Labute approximate surface area is 58.2 Å². The number of hydrogen-bond donors (Lipinski definition) is 2. The Bertz CT molecular complexity index is 178. The predicted molar refractivity (Wildman–Crippen MR) is 33.3 cm³/mol. The van der Waals surface area contributed by atoms with Crippen LogP contribution in [0.2, 0.25) is 0 Å². The lowest BCUT2D eigenvalue weighted by atomic mass is 10.0. The predicted octanol–water partition coefficient (Wildman–Crippen LogP) is -0.404. The van der Waals surface area contributed by atoms with Gasteiger partial charge < -0.3 is 10.4 Å². The van der Waals surface area contributed by atoms with Gasteiger partial charge in [0, 0.05) is 6.42 Å². The molecule has 0 aromatic heterocycles. The molecule has 1 amide bonds. The quantitative estimate of drug-likeness (QED) is 0.524. The van der Waals surface area contributed by atoms with Gasteiger partial charge in [0.15, 0.2) is 0 Å². The average molecular weight is 143 g/mol. The number of rotatable bonds is 1. The Morgan fingerprint density at radius 2 is 2.40 bits per heavy atom. The largest absolute Gasteiger partial charge is 0.480 e. The third kappa shape index (κ3) is 1.10. The second-order valence-corrected chi connectivity index (χ2v) is 2.56. The lowest BCUT2D eigenvalue weighted by molar-refractivity contribution is -0.140. The summed E-state index contributed by atoms with van der Waals surface area (Å²) in [4.78, 5) is 20.9. The van der Waals surface area contributed by atoms with E-state index in [9.17, 15) is 9.59 Å². The normalized spacial score (nSPS) is 31.9. The lowest BCUT2D eigenvalue weighted by Gasteiger charge is -2.07. The first kappa shape index (κ1) is 7.05. The lowest BCUT2D eigenvalue weighted by Crippen LogP contribution is -2.35. The van der Waals surface area contributed by atoms with Crippen molar-refractivity contribution in [1.29, 1.82) is 0 Å². The van der Waals surface area contributed by atoms with Crippen molar-refractivity contribution in [3.05, 3.63) is 0 Å². The van der Waals surface area contributed by atoms with E-state index in [4.69, 9.17) is 5.11 Å². The van der Waals surface area contributed by atoms with Crippen LogP contribution in [0.25, 0.3) is 0 Å². The highest BCUT2D eigenvalue weighted by atomic mass is 16.4. The van der Waals surface area contributed by atoms with E-state index in [2.05, 4.69) is 5.32 Å². The molecule has 1 unspecified atom stereocenters. The van der Waals surface area contributed by atoms with Crippen molar-refractivity contribution in [2.45, 2.75) is 19.4 Å². The van der Waals surface area contributed by atoms with Crippen LogP contribution in [-0.4, -0.2) is 23.0 Å². The maximum absolute atomic E-state index is 10.6. The Kier molecular flexibility index (Phi) is 1.61. The first-order valence-electron chi connectivity index (χ1n) is 3.13. The Morgan fingerprint density at radius 3 is 2.60 bits per heavy atom. The summed E-state index contributed by atoms with van der Waals surface area (Å²) in [5.41, 5.74) is 0. The molecule has 2 N–H and O–H groups in total. The van der Waals surface area contributed by atoms with Crippen LogP contribution in [0.5, 0.6) is 0 Å². The highest BCUT2D eigenvalue weighted by Gasteiger charge is 2.33. The third-order valence-corrected chi connectivity index (χ3v) is 1.66. The number of carboxylic acid groups (broad SMARTS) is 1. The van der Waals surface area contributed by atoms with Crippen molar-refractivity contribution >= 4 is 11.9 Å². The summed E-state index contributed by atoms with van der Waals surface area (Å²) in [5, 5.41) is 10.9. The van der Waals surface area contributed by atoms with E-state index in [1.165, 1.54) is 0 Å². The molecule has 2 atom stereocenters. The second-order valence-electron chi connectivity index (χ2n) is 2.56. The first-order valence-corrected chi connectivity index (χ1v) is 3.13. The van der Waals surface area contributed by atoms with Gasteiger partial charge in [-0.2, -0.15) is 0 Å². The highest BCUT2D eigenvalue weighted by Crippen LogP contribution is 2.14. The first-order chi connectivity index (χ1) is 4.61. The number of hydrogen-bond acceptors (Lipinski definition) is 2. The molecule has 1 saturated heterocycles. The van der Waals surface area contributed by atoms with Gasteiger partial charge >= 0.3 is 5.97 Å². The smallest absolute Gasteiger partial charge is 0.326 e. The summed E-state index contributed by atoms with van der Waals surface area (Å²) >= 11 is 0. The van der Waals surface area contributed by atoms with Gasteiger partial charge in [0.05, 0.1) is 0 Å². The SMILES string of the molecule is CC1CC(=O)N[C@H]1C(=O)O. The molecule has 10 heavy (non-hydrogen) atoms. The standard InChI is InChI=1S/C6H9NO3/c1-3-2-4(8)7-5(3)6(9)10/h3,5H,2H2,1H3,(H,7,8)(H,9,10)/t3?,5-/m1/s1. The zero-order valence-electron chi connectivity index (χ0n) is 5.63. The molecule has 0 aromatic rings. The van der Waals surface area contributed by atoms with Crippen molar-refractivity contribution < 1.29 is 14.7 Å². The van der Waals surface area contributed by atoms with Crippen LogP contribution in [-0.2, 0) is 9.59 Å². The molecular formula is C6H9NO3. The highest BCUT2D eigenvalue weighted by molar-refractivity contribution is 5.87. The molecule has 56 valence electrons. The van der Waals surface area contributed by atoms with E-state index in [0.717, 1.165) is 0 Å². The van der Waals surface area contributed by atoms with E-state index in [1.54, 1.807) is 6.92 Å². The third-order valence-electron chi connectivity index (χ3n) is 1.66. The molecule has 0 aliphatic carbocycles. The van der Waals surface area contributed by atoms with E-state index in [-0.39, 0.29) is 11.8 Å². The van der Waals surface area contributed by atoms with E-state index < -0.39 is 12.0 Å². The molecule has 1 aliphatic rings. The fraction of sp³-hybridized carbons (Fsp3) is 0.667. The fourth-order valence-electron chi connectivity index (χ4n) is 1.09. The zero-order chi connectivity index (χ0) is 7.72. The Balaban J connectivity index is 2.63. The molecule has 0 aromatic carbocycles. The molecule has 4 heteroatoms. The van der Waals surface area contributed by atoms with Crippen LogP contribution < -0.4 is 5.32 Å². The van der Waals surface area contributed by atoms with E-state index in [0.29, 0.717) is 6.42 Å². The topological polar surface area (TPSA) is 66.4 Å². The number of nitrogens with one attached hydrogen (secondary N) is 1. The maximum Gasteiger partial charge on any atom is 0.326 e. The average Bonchev–Trinajstić information content (AvgIpc) is 2.10. The van der Waals surface area contributed by atoms with Crippen molar-refractivity contribution in [3.63, 3.8) is 0 Å². The summed E-state index contributed by atoms with van der Waals surface area (Å²) in [6, 6.07) is -0.674. The van der Waals surface area contributed by atoms with Crippen molar-refractivity contribution in [2.75, 3.05) is 0 Å². The molecule has 1 heterocycles. The Hall–Kier alpha value is -1.06. The van der Waals surface area contributed by atoms with Crippen LogP contribution in [0.1, 0.15) is 13.3 Å². The van der Waals surface area contributed by atoms with Gasteiger partial charge in [0.1, 0.15) is 6.04 Å². The monoisotopic (exact) mass is 143 g/mol. The van der Waals surface area contributed by atoms with Crippen molar-refractivity contribution in [1.82, 2.24) is 5.32 Å². The summed E-state index contributed by atoms with van der Waals surface area (Å²) in [6.45, 7) is 1.75. The molecule has 0 radical (unpaired) electrons. The molecule has 0 bridgehead atoms. The van der Waals surface area contributed by atoms with Gasteiger partial charge in [-0.15, -0.1) is 0 Å². The van der Waals surface area contributed by atoms with Crippen LogP contribution >= 0.6 is 0 Å². The summed E-state index contributed by atoms with van der Waals surface area (Å²) < 4.78 is 0. The molecule has 0 saturated carbocycles. The van der Waals surface area contributed by atoms with Gasteiger partial charge in [0.2, 0.25) is 5.91 Å². The van der Waals surface area contributed by atoms with Gasteiger partial charge in [-0.3, -0.25) is 4.79 Å². The summed E-state index contributed by atoms with van der Waals surface area (Å²) in [7, 11) is 0. The van der Waals surface area contributed by atoms with Crippen LogP contribution in [0.3, 0.4) is 0 Å². The van der Waals surface area contributed by atoms with Gasteiger partial charge in [0.25, 0.3) is 0 Å². The number of carbonyl (C=O) groups is 2. The minimum absolute atomic E-state index is 0.0787. The maximum atomic E-state index is 10.6. The van der Waals surface area contributed by atoms with Crippen LogP contribution in [0.15, 0.2) is 0 Å². The molecule has 1 rings (SSSR count). The Morgan fingerprint density at radius 1 is 1.80 bits per heavy atom. The van der Waals surface area contributed by atoms with Gasteiger partial charge in [-0.05, 0) is 5.92 Å². The molecule has 4 nitrogen and oxygen atoms in total. The van der Waals surface area contributed by atoms with Gasteiger partial charge in [-0.1, -0.05) is 6.92 Å². The number of carboxylic acids is 1. The molecular weight excluding hydrogens is 134 g/mol. The minimum atomic E-state index is -0.946. The van der Waals surface area contributed by atoms with Crippen molar-refractivity contribution in [3.8, 4) is 0 Å².